The molecule has 2 aliphatic heterocycles. The summed E-state index contributed by atoms with van der Waals surface area (Å²) in [6.07, 6.45) is 11.8. The molecule has 3 aromatic rings. The molecule has 1 aliphatic carbocycles. The zero-order chi connectivity index (χ0) is 27.7. The number of sulfonamides is 1. The SMILES string of the molecule is O=C1C(=Cc2cn(-c3ccccc3)nc2-c2cccc(S(=O)(=O)N3CCCCCC3)c2)SC(=S)N1C1CCCC1. The Kier molecular flexibility index (Phi) is 7.94. The summed E-state index contributed by atoms with van der Waals surface area (Å²) in [5.74, 6) is -0.0576. The van der Waals surface area contributed by atoms with Crippen LogP contribution in [-0.2, 0) is 14.8 Å². The van der Waals surface area contributed by atoms with E-state index in [0.717, 1.165) is 62.6 Å². The quantitative estimate of drug-likeness (QED) is 0.249. The molecule has 40 heavy (non-hydrogen) atoms. The van der Waals surface area contributed by atoms with E-state index in [1.807, 2.05) is 48.7 Å². The van der Waals surface area contributed by atoms with E-state index in [2.05, 4.69) is 0 Å². The summed E-state index contributed by atoms with van der Waals surface area (Å²) in [5, 5.41) is 4.88. The third-order valence-corrected chi connectivity index (χ3v) is 11.1. The summed E-state index contributed by atoms with van der Waals surface area (Å²) in [6.45, 7) is 1.09. The number of para-hydroxylation sites is 1. The van der Waals surface area contributed by atoms with Gasteiger partial charge in [-0.3, -0.25) is 9.69 Å². The van der Waals surface area contributed by atoms with Gasteiger partial charge in [0, 0.05) is 36.5 Å². The number of amides is 1. The van der Waals surface area contributed by atoms with Gasteiger partial charge in [0.05, 0.1) is 15.5 Å². The van der Waals surface area contributed by atoms with Gasteiger partial charge in [0.25, 0.3) is 5.91 Å². The molecule has 208 valence electrons. The number of rotatable bonds is 6. The Morgan fingerprint density at radius 3 is 2.38 bits per heavy atom. The zero-order valence-corrected chi connectivity index (χ0v) is 24.7. The molecule has 0 N–H and O–H groups in total. The summed E-state index contributed by atoms with van der Waals surface area (Å²) in [7, 11) is -3.63. The number of benzene rings is 2. The van der Waals surface area contributed by atoms with Crippen LogP contribution in [0.2, 0.25) is 0 Å². The highest BCUT2D eigenvalue weighted by Crippen LogP contribution is 2.39. The van der Waals surface area contributed by atoms with Crippen LogP contribution in [0.4, 0.5) is 0 Å². The molecule has 3 heterocycles. The van der Waals surface area contributed by atoms with Crippen LogP contribution in [-0.4, -0.2) is 56.8 Å². The second-order valence-corrected chi connectivity index (χ2v) is 14.2. The molecule has 1 amide bonds. The molecule has 0 radical (unpaired) electrons. The Labute approximate surface area is 245 Å². The third-order valence-electron chi connectivity index (χ3n) is 7.87. The summed E-state index contributed by atoms with van der Waals surface area (Å²) >= 11 is 6.95. The van der Waals surface area contributed by atoms with Gasteiger partial charge in [-0.2, -0.15) is 9.40 Å². The molecule has 1 aromatic heterocycles. The Morgan fingerprint density at radius 1 is 0.925 bits per heavy atom. The van der Waals surface area contributed by atoms with Gasteiger partial charge in [0.15, 0.2) is 0 Å². The lowest BCUT2D eigenvalue weighted by Gasteiger charge is -2.21. The fourth-order valence-corrected chi connectivity index (χ4v) is 8.72. The first-order valence-corrected chi connectivity index (χ1v) is 16.6. The molecular weight excluding hydrogens is 561 g/mol. The molecule has 0 unspecified atom stereocenters. The molecular formula is C30H32N4O3S3. The second-order valence-electron chi connectivity index (χ2n) is 10.5. The largest absolute Gasteiger partial charge is 0.290 e. The smallest absolute Gasteiger partial charge is 0.266 e. The van der Waals surface area contributed by atoms with Crippen LogP contribution >= 0.6 is 24.0 Å². The van der Waals surface area contributed by atoms with E-state index < -0.39 is 10.0 Å². The lowest BCUT2D eigenvalue weighted by Crippen LogP contribution is -2.36. The topological polar surface area (TPSA) is 75.5 Å². The van der Waals surface area contributed by atoms with Gasteiger partial charge >= 0.3 is 0 Å². The number of carbonyl (C=O) groups is 1. The van der Waals surface area contributed by atoms with Crippen LogP contribution in [0.25, 0.3) is 23.0 Å². The van der Waals surface area contributed by atoms with E-state index in [4.69, 9.17) is 17.3 Å². The van der Waals surface area contributed by atoms with E-state index in [1.54, 1.807) is 32.1 Å². The van der Waals surface area contributed by atoms with Crippen LogP contribution in [0.3, 0.4) is 0 Å². The monoisotopic (exact) mass is 592 g/mol. The fourth-order valence-electron chi connectivity index (χ4n) is 5.76. The van der Waals surface area contributed by atoms with Crippen molar-refractivity contribution in [2.75, 3.05) is 13.1 Å². The summed E-state index contributed by atoms with van der Waals surface area (Å²) < 4.78 is 31.1. The van der Waals surface area contributed by atoms with Crippen molar-refractivity contribution < 1.29 is 13.2 Å². The molecule has 3 fully saturated rings. The summed E-state index contributed by atoms with van der Waals surface area (Å²) in [6, 6.07) is 16.9. The molecule has 2 aromatic carbocycles. The third kappa shape index (κ3) is 5.42. The molecule has 10 heteroatoms. The molecule has 0 atom stereocenters. The van der Waals surface area contributed by atoms with Crippen molar-refractivity contribution >= 4 is 50.3 Å². The Morgan fingerprint density at radius 2 is 1.65 bits per heavy atom. The molecule has 0 bridgehead atoms. The average Bonchev–Trinajstić information content (AvgIpc) is 3.63. The van der Waals surface area contributed by atoms with Crippen molar-refractivity contribution in [2.45, 2.75) is 62.3 Å². The minimum Gasteiger partial charge on any atom is -0.290 e. The number of hydrogen-bond donors (Lipinski definition) is 0. The standard InChI is InChI=1S/C30H32N4O3S3/c35-29-27(39-30(38)34(29)25-14-6-7-15-25)20-23-21-33(24-12-4-3-5-13-24)31-28(23)22-11-10-16-26(19-22)40(36,37)32-17-8-1-2-9-18-32/h3-5,10-13,16,19-21,25H,1-2,6-9,14-15,17-18H2. The highest BCUT2D eigenvalue weighted by Gasteiger charge is 2.38. The molecule has 3 aliphatic rings. The number of carbonyl (C=O) groups excluding carboxylic acids is 1. The van der Waals surface area contributed by atoms with Gasteiger partial charge in [-0.05, 0) is 56.0 Å². The lowest BCUT2D eigenvalue weighted by atomic mass is 10.1. The van der Waals surface area contributed by atoms with Crippen LogP contribution in [0, 0.1) is 0 Å². The maximum absolute atomic E-state index is 13.6. The van der Waals surface area contributed by atoms with Crippen LogP contribution in [0.15, 0.2) is 70.6 Å². The van der Waals surface area contributed by atoms with Gasteiger partial charge < -0.3 is 0 Å². The lowest BCUT2D eigenvalue weighted by molar-refractivity contribution is -0.123. The number of aromatic nitrogens is 2. The second kappa shape index (κ2) is 11.6. The Balaban J connectivity index is 1.40. The minimum atomic E-state index is -3.63. The van der Waals surface area contributed by atoms with E-state index in [1.165, 1.54) is 11.8 Å². The van der Waals surface area contributed by atoms with Crippen molar-refractivity contribution in [3.63, 3.8) is 0 Å². The highest BCUT2D eigenvalue weighted by molar-refractivity contribution is 8.26. The number of thioether (sulfide) groups is 1. The first-order chi connectivity index (χ1) is 19.4. The molecule has 6 rings (SSSR count). The van der Waals surface area contributed by atoms with Gasteiger partial charge in [0.2, 0.25) is 10.0 Å². The first-order valence-electron chi connectivity index (χ1n) is 13.9. The normalized spacial score (nSPS) is 20.5. The van der Waals surface area contributed by atoms with E-state index in [-0.39, 0.29) is 16.8 Å². The Bertz CT molecular complexity index is 1550. The van der Waals surface area contributed by atoms with Crippen LogP contribution in [0.5, 0.6) is 0 Å². The minimum absolute atomic E-state index is 0.0576. The van der Waals surface area contributed by atoms with E-state index >= 15 is 0 Å². The Hall–Kier alpha value is -2.79. The number of thiocarbonyl (C=S) groups is 1. The predicted molar refractivity (Wildman–Crippen MR) is 163 cm³/mol. The summed E-state index contributed by atoms with van der Waals surface area (Å²) in [4.78, 5) is 16.1. The number of hydrogen-bond acceptors (Lipinski definition) is 6. The van der Waals surface area contributed by atoms with Crippen molar-refractivity contribution in [1.82, 2.24) is 19.0 Å². The average molecular weight is 593 g/mol. The molecule has 1 saturated carbocycles. The molecule has 2 saturated heterocycles. The van der Waals surface area contributed by atoms with Gasteiger partial charge in [-0.25, -0.2) is 13.1 Å². The maximum atomic E-state index is 13.6. The zero-order valence-electron chi connectivity index (χ0n) is 22.2. The maximum Gasteiger partial charge on any atom is 0.266 e. The van der Waals surface area contributed by atoms with Gasteiger partial charge in [-0.15, -0.1) is 0 Å². The van der Waals surface area contributed by atoms with Crippen molar-refractivity contribution in [3.05, 3.63) is 71.3 Å². The van der Waals surface area contributed by atoms with Crippen molar-refractivity contribution in [1.29, 1.82) is 0 Å². The predicted octanol–water partition coefficient (Wildman–Crippen LogP) is 6.25. The molecule has 7 nitrogen and oxygen atoms in total. The van der Waals surface area contributed by atoms with Crippen molar-refractivity contribution in [2.24, 2.45) is 0 Å². The first kappa shape index (κ1) is 27.4. The van der Waals surface area contributed by atoms with Crippen molar-refractivity contribution in [3.8, 4) is 16.9 Å². The highest BCUT2D eigenvalue weighted by atomic mass is 32.2. The number of nitrogens with zero attached hydrogens (tertiary/aromatic N) is 4. The van der Waals surface area contributed by atoms with Gasteiger partial charge in [0.1, 0.15) is 10.0 Å². The summed E-state index contributed by atoms with van der Waals surface area (Å²) in [5.41, 5.74) is 2.90. The van der Waals surface area contributed by atoms with E-state index in [9.17, 15) is 13.2 Å². The van der Waals surface area contributed by atoms with Gasteiger partial charge in [-0.1, -0.05) is 80.0 Å². The fraction of sp³-hybridized carbons (Fsp3) is 0.367. The molecule has 0 spiro atoms. The van der Waals surface area contributed by atoms with Crippen LogP contribution < -0.4 is 0 Å². The van der Waals surface area contributed by atoms with E-state index in [0.29, 0.717) is 33.6 Å². The van der Waals surface area contributed by atoms with Crippen LogP contribution in [0.1, 0.15) is 56.9 Å².